The second-order valence-electron chi connectivity index (χ2n) is 6.75. The lowest BCUT2D eigenvalue weighted by molar-refractivity contribution is -0.385. The van der Waals surface area contributed by atoms with Crippen LogP contribution in [0, 0.1) is 10.1 Å². The van der Waals surface area contributed by atoms with Crippen LogP contribution in [-0.4, -0.2) is 30.0 Å². The molecule has 7 heteroatoms. The van der Waals surface area contributed by atoms with Gasteiger partial charge in [-0.3, -0.25) is 14.9 Å². The summed E-state index contributed by atoms with van der Waals surface area (Å²) in [5.74, 6) is -0.681. The lowest BCUT2D eigenvalue weighted by Crippen LogP contribution is -2.30. The summed E-state index contributed by atoms with van der Waals surface area (Å²) in [5.41, 5.74) is 2.54. The lowest BCUT2D eigenvalue weighted by Gasteiger charge is -2.08. The normalized spacial score (nSPS) is 10.9. The van der Waals surface area contributed by atoms with E-state index in [1.54, 1.807) is 6.07 Å². The number of nitro groups is 1. The summed E-state index contributed by atoms with van der Waals surface area (Å²) >= 11 is 0. The number of benzene rings is 2. The largest absolute Gasteiger partial charge is 0.452 e. The van der Waals surface area contributed by atoms with Gasteiger partial charge in [0, 0.05) is 18.7 Å². The Kier molecular flexibility index (Phi) is 8.09. The highest BCUT2D eigenvalue weighted by molar-refractivity contribution is 5.89. The summed E-state index contributed by atoms with van der Waals surface area (Å²) in [6, 6.07) is 14.2. The molecule has 0 saturated carbocycles. The van der Waals surface area contributed by atoms with Crippen LogP contribution in [-0.2, 0) is 20.7 Å². The van der Waals surface area contributed by atoms with E-state index in [2.05, 4.69) is 31.3 Å². The highest BCUT2D eigenvalue weighted by Gasteiger charge is 2.10. The summed E-state index contributed by atoms with van der Waals surface area (Å²) < 4.78 is 4.86. The van der Waals surface area contributed by atoms with Crippen LogP contribution in [0.2, 0.25) is 0 Å². The van der Waals surface area contributed by atoms with E-state index < -0.39 is 23.4 Å². The number of nitrogens with one attached hydrogen (secondary N) is 1. The fourth-order valence-electron chi connectivity index (χ4n) is 2.60. The molecule has 0 atom stereocenters. The topological polar surface area (TPSA) is 98.5 Å². The molecule has 152 valence electrons. The summed E-state index contributed by atoms with van der Waals surface area (Å²) in [6.07, 6.45) is 3.03. The molecule has 0 saturated heterocycles. The summed E-state index contributed by atoms with van der Waals surface area (Å²) in [6.45, 7) is 4.29. The first-order valence-electron chi connectivity index (χ1n) is 9.30. The lowest BCUT2D eigenvalue weighted by atomic mass is 10.0. The predicted molar refractivity (Wildman–Crippen MR) is 110 cm³/mol. The zero-order valence-electron chi connectivity index (χ0n) is 16.5. The van der Waals surface area contributed by atoms with Crippen molar-refractivity contribution in [3.05, 3.63) is 81.4 Å². The molecular formula is C22H24N2O5. The van der Waals surface area contributed by atoms with Crippen LogP contribution in [0.5, 0.6) is 0 Å². The molecule has 0 aliphatic rings. The number of ether oxygens (including phenoxy) is 1. The Bertz CT molecular complexity index is 888. The maximum atomic E-state index is 11.8. The molecule has 0 spiro atoms. The van der Waals surface area contributed by atoms with Crippen LogP contribution in [0.25, 0.3) is 6.08 Å². The fourth-order valence-corrected chi connectivity index (χ4v) is 2.60. The Morgan fingerprint density at radius 1 is 1.14 bits per heavy atom. The molecule has 29 heavy (non-hydrogen) atoms. The molecule has 0 unspecified atom stereocenters. The van der Waals surface area contributed by atoms with Crippen molar-refractivity contribution in [3.63, 3.8) is 0 Å². The Balaban J connectivity index is 1.73. The van der Waals surface area contributed by atoms with E-state index in [4.69, 9.17) is 4.74 Å². The summed E-state index contributed by atoms with van der Waals surface area (Å²) in [4.78, 5) is 33.9. The van der Waals surface area contributed by atoms with Gasteiger partial charge in [-0.2, -0.15) is 0 Å². The maximum absolute atomic E-state index is 11.8. The number of nitro benzene ring substituents is 1. The second-order valence-corrected chi connectivity index (χ2v) is 6.75. The molecule has 2 rings (SSSR count). The zero-order chi connectivity index (χ0) is 21.2. The highest BCUT2D eigenvalue weighted by atomic mass is 16.6. The van der Waals surface area contributed by atoms with Crippen molar-refractivity contribution >= 4 is 23.6 Å². The van der Waals surface area contributed by atoms with Crippen molar-refractivity contribution in [2.75, 3.05) is 13.2 Å². The van der Waals surface area contributed by atoms with Crippen LogP contribution >= 0.6 is 0 Å². The van der Waals surface area contributed by atoms with Gasteiger partial charge in [0.05, 0.1) is 10.5 Å². The van der Waals surface area contributed by atoms with E-state index >= 15 is 0 Å². The van der Waals surface area contributed by atoms with Crippen molar-refractivity contribution in [3.8, 4) is 0 Å². The van der Waals surface area contributed by atoms with Gasteiger partial charge < -0.3 is 10.1 Å². The van der Waals surface area contributed by atoms with Gasteiger partial charge in [-0.15, -0.1) is 0 Å². The van der Waals surface area contributed by atoms with E-state index in [9.17, 15) is 19.7 Å². The van der Waals surface area contributed by atoms with Crippen LogP contribution in [0.15, 0.2) is 54.6 Å². The minimum atomic E-state index is -0.748. The number of carbonyl (C=O) groups is 2. The molecule has 0 aromatic heterocycles. The third kappa shape index (κ3) is 7.21. The maximum Gasteiger partial charge on any atom is 0.331 e. The van der Waals surface area contributed by atoms with Crippen molar-refractivity contribution in [1.82, 2.24) is 5.32 Å². The first-order valence-corrected chi connectivity index (χ1v) is 9.30. The Morgan fingerprint density at radius 3 is 2.48 bits per heavy atom. The number of esters is 1. The van der Waals surface area contributed by atoms with Crippen molar-refractivity contribution in [2.24, 2.45) is 0 Å². The number of amides is 1. The summed E-state index contributed by atoms with van der Waals surface area (Å²) in [7, 11) is 0. The van der Waals surface area contributed by atoms with Crippen molar-refractivity contribution in [1.29, 1.82) is 0 Å². The molecule has 0 bridgehead atoms. The highest BCUT2D eigenvalue weighted by Crippen LogP contribution is 2.19. The van der Waals surface area contributed by atoms with Crippen LogP contribution < -0.4 is 5.32 Å². The van der Waals surface area contributed by atoms with Gasteiger partial charge >= 0.3 is 5.97 Å². The first-order chi connectivity index (χ1) is 13.9. The smallest absolute Gasteiger partial charge is 0.331 e. The van der Waals surface area contributed by atoms with E-state index in [0.29, 0.717) is 18.9 Å². The van der Waals surface area contributed by atoms with Gasteiger partial charge in [-0.25, -0.2) is 4.79 Å². The number of para-hydroxylation sites is 1. The number of hydrogen-bond acceptors (Lipinski definition) is 5. The monoisotopic (exact) mass is 396 g/mol. The molecule has 0 aliphatic carbocycles. The summed E-state index contributed by atoms with van der Waals surface area (Å²) in [5, 5.41) is 13.6. The van der Waals surface area contributed by atoms with Gasteiger partial charge in [0.1, 0.15) is 0 Å². The minimum Gasteiger partial charge on any atom is -0.452 e. The first kappa shape index (κ1) is 21.8. The third-order valence-corrected chi connectivity index (χ3v) is 4.26. The third-order valence-electron chi connectivity index (χ3n) is 4.26. The Labute approximate surface area is 169 Å². The number of rotatable bonds is 9. The molecule has 0 heterocycles. The molecule has 2 aromatic rings. The van der Waals surface area contributed by atoms with Crippen LogP contribution in [0.4, 0.5) is 5.69 Å². The molecule has 7 nitrogen and oxygen atoms in total. The SMILES string of the molecule is CC(C)c1ccc(CCNC(=O)COC(=O)/C=C/c2ccccc2[N+](=O)[O-])cc1. The van der Waals surface area contributed by atoms with E-state index in [0.717, 1.165) is 11.6 Å². The molecule has 2 aromatic carbocycles. The molecular weight excluding hydrogens is 372 g/mol. The van der Waals surface area contributed by atoms with E-state index in [-0.39, 0.29) is 11.3 Å². The average Bonchev–Trinajstić information content (AvgIpc) is 2.71. The second kappa shape index (κ2) is 10.8. The number of hydrogen-bond donors (Lipinski definition) is 1. The van der Waals surface area contributed by atoms with Gasteiger partial charge in [0.2, 0.25) is 0 Å². The fraction of sp³-hybridized carbons (Fsp3) is 0.273. The molecule has 0 fully saturated rings. The Hall–Kier alpha value is -3.48. The molecule has 0 radical (unpaired) electrons. The zero-order valence-corrected chi connectivity index (χ0v) is 16.5. The van der Waals surface area contributed by atoms with Gasteiger partial charge in [0.25, 0.3) is 11.6 Å². The molecule has 0 aliphatic heterocycles. The van der Waals surface area contributed by atoms with Crippen molar-refractivity contribution < 1.29 is 19.2 Å². The quantitative estimate of drug-likeness (QED) is 0.302. The van der Waals surface area contributed by atoms with Gasteiger partial charge in [-0.1, -0.05) is 50.2 Å². The molecule has 1 amide bonds. The van der Waals surface area contributed by atoms with Gasteiger partial charge in [-0.05, 0) is 35.6 Å². The Morgan fingerprint density at radius 2 is 1.83 bits per heavy atom. The standard InChI is InChI=1S/C22H24N2O5/c1-16(2)18-9-7-17(8-10-18)13-14-23-21(25)15-29-22(26)12-11-19-5-3-4-6-20(19)24(27)28/h3-12,16H,13-15H2,1-2H3,(H,23,25)/b12-11+. The van der Waals surface area contributed by atoms with Crippen LogP contribution in [0.3, 0.4) is 0 Å². The van der Waals surface area contributed by atoms with Gasteiger partial charge in [0.15, 0.2) is 6.61 Å². The average molecular weight is 396 g/mol. The van der Waals surface area contributed by atoms with E-state index in [1.165, 1.54) is 29.8 Å². The van der Waals surface area contributed by atoms with Crippen LogP contribution in [0.1, 0.15) is 36.5 Å². The number of nitrogens with zero attached hydrogens (tertiary/aromatic N) is 1. The number of carbonyl (C=O) groups excluding carboxylic acids is 2. The predicted octanol–water partition coefficient (Wildman–Crippen LogP) is 3.63. The van der Waals surface area contributed by atoms with Crippen molar-refractivity contribution in [2.45, 2.75) is 26.2 Å². The van der Waals surface area contributed by atoms with E-state index in [1.807, 2.05) is 12.1 Å². The molecule has 1 N–H and O–H groups in total. The minimum absolute atomic E-state index is 0.115.